The van der Waals surface area contributed by atoms with Crippen LogP contribution in [0.3, 0.4) is 0 Å². The van der Waals surface area contributed by atoms with Gasteiger partial charge in [-0.2, -0.15) is 4.98 Å². The molecule has 1 saturated heterocycles. The Labute approximate surface area is 153 Å². The molecular formula is C18H22ClN5O. The van der Waals surface area contributed by atoms with Crippen molar-refractivity contribution < 1.29 is 4.52 Å². The van der Waals surface area contributed by atoms with Gasteiger partial charge in [0.1, 0.15) is 0 Å². The number of aryl methyl sites for hydroxylation is 2. The minimum atomic E-state index is 0. The summed E-state index contributed by atoms with van der Waals surface area (Å²) in [4.78, 5) is 11.6. The first kappa shape index (κ1) is 17.8. The quantitative estimate of drug-likeness (QED) is 0.758. The molecule has 1 aromatic carbocycles. The second-order valence-corrected chi connectivity index (χ2v) is 6.48. The van der Waals surface area contributed by atoms with Gasteiger partial charge in [-0.15, -0.1) is 12.4 Å². The lowest BCUT2D eigenvalue weighted by Gasteiger charge is -2.30. The summed E-state index contributed by atoms with van der Waals surface area (Å²) in [5, 5.41) is 8.68. The largest absolute Gasteiger partial charge is 0.334 e. The molecule has 1 N–H and O–H groups in total. The number of hydrogen-bond donors (Lipinski definition) is 1. The fraction of sp³-hybridized carbons (Fsp3) is 0.389. The molecular weight excluding hydrogens is 338 g/mol. The molecule has 1 fully saturated rings. The summed E-state index contributed by atoms with van der Waals surface area (Å²) in [6, 6.07) is 8.48. The molecule has 0 bridgehead atoms. The topological polar surface area (TPSA) is 67.1 Å². The monoisotopic (exact) mass is 359 g/mol. The second kappa shape index (κ2) is 7.07. The van der Waals surface area contributed by atoms with Gasteiger partial charge in [-0.05, 0) is 39.1 Å². The second-order valence-electron chi connectivity index (χ2n) is 6.48. The minimum Gasteiger partial charge on any atom is -0.334 e. The number of hydrogen-bond acceptors (Lipinski definition) is 6. The van der Waals surface area contributed by atoms with Crippen LogP contribution >= 0.6 is 12.4 Å². The Morgan fingerprint density at radius 2 is 2.04 bits per heavy atom. The first-order chi connectivity index (χ1) is 11.6. The molecule has 4 rings (SSSR count). The maximum Gasteiger partial charge on any atom is 0.259 e. The SMILES string of the molecule is Cc1ccc2nc(C)c(-c3nc(C4CNCCN4C)no3)cc2c1.Cl. The molecule has 0 saturated carbocycles. The van der Waals surface area contributed by atoms with E-state index in [0.29, 0.717) is 5.89 Å². The number of halogens is 1. The predicted molar refractivity (Wildman–Crippen MR) is 100.0 cm³/mol. The summed E-state index contributed by atoms with van der Waals surface area (Å²) >= 11 is 0. The van der Waals surface area contributed by atoms with Gasteiger partial charge in [-0.3, -0.25) is 9.88 Å². The van der Waals surface area contributed by atoms with Crippen molar-refractivity contribution >= 4 is 23.3 Å². The van der Waals surface area contributed by atoms with E-state index in [2.05, 4.69) is 57.5 Å². The zero-order chi connectivity index (χ0) is 16.7. The lowest BCUT2D eigenvalue weighted by atomic mass is 10.1. The van der Waals surface area contributed by atoms with Gasteiger partial charge in [0.15, 0.2) is 5.82 Å². The molecule has 0 amide bonds. The van der Waals surface area contributed by atoms with Crippen LogP contribution in [-0.4, -0.2) is 46.7 Å². The molecule has 1 aliphatic heterocycles. The van der Waals surface area contributed by atoms with Crippen molar-refractivity contribution in [1.82, 2.24) is 25.3 Å². The van der Waals surface area contributed by atoms with Crippen LogP contribution in [0.25, 0.3) is 22.4 Å². The van der Waals surface area contributed by atoms with Gasteiger partial charge in [-0.25, -0.2) is 0 Å². The predicted octanol–water partition coefficient (Wildman–Crippen LogP) is 2.90. The van der Waals surface area contributed by atoms with Crippen LogP contribution in [0.2, 0.25) is 0 Å². The van der Waals surface area contributed by atoms with E-state index in [0.717, 1.165) is 47.6 Å². The average molecular weight is 360 g/mol. The average Bonchev–Trinajstić information content (AvgIpc) is 3.04. The summed E-state index contributed by atoms with van der Waals surface area (Å²) in [6.45, 7) is 6.86. The lowest BCUT2D eigenvalue weighted by Crippen LogP contribution is -2.44. The van der Waals surface area contributed by atoms with Crippen LogP contribution in [0, 0.1) is 13.8 Å². The third-order valence-electron chi connectivity index (χ3n) is 4.64. The van der Waals surface area contributed by atoms with Crippen LogP contribution < -0.4 is 5.32 Å². The third-order valence-corrected chi connectivity index (χ3v) is 4.64. The Morgan fingerprint density at radius 1 is 1.20 bits per heavy atom. The fourth-order valence-electron chi connectivity index (χ4n) is 3.18. The Kier molecular flexibility index (Phi) is 5.03. The van der Waals surface area contributed by atoms with E-state index < -0.39 is 0 Å². The summed E-state index contributed by atoms with van der Waals surface area (Å²) < 4.78 is 5.56. The molecule has 0 radical (unpaired) electrons. The zero-order valence-corrected chi connectivity index (χ0v) is 15.4. The number of fused-ring (bicyclic) bond motifs is 1. The molecule has 2 aromatic heterocycles. The highest BCUT2D eigenvalue weighted by atomic mass is 35.5. The Morgan fingerprint density at radius 3 is 2.84 bits per heavy atom. The summed E-state index contributed by atoms with van der Waals surface area (Å²) in [7, 11) is 2.09. The van der Waals surface area contributed by atoms with Crippen molar-refractivity contribution in [3.8, 4) is 11.5 Å². The van der Waals surface area contributed by atoms with E-state index in [1.165, 1.54) is 5.56 Å². The molecule has 0 aliphatic carbocycles. The van der Waals surface area contributed by atoms with E-state index >= 15 is 0 Å². The number of likely N-dealkylation sites (N-methyl/N-ethyl adjacent to an activating group) is 1. The highest BCUT2D eigenvalue weighted by Gasteiger charge is 2.26. The first-order valence-corrected chi connectivity index (χ1v) is 8.25. The van der Waals surface area contributed by atoms with E-state index in [-0.39, 0.29) is 18.4 Å². The Balaban J connectivity index is 0.00000182. The van der Waals surface area contributed by atoms with Crippen LogP contribution in [0.1, 0.15) is 23.1 Å². The third kappa shape index (κ3) is 3.38. The van der Waals surface area contributed by atoms with Crippen molar-refractivity contribution in [2.75, 3.05) is 26.7 Å². The standard InChI is InChI=1S/C18H21N5O.ClH/c1-11-4-5-15-13(8-11)9-14(12(2)20-15)18-21-17(22-24-18)16-10-19-6-7-23(16)3;/h4-5,8-9,16,19H,6-7,10H2,1-3H3;1H. The van der Waals surface area contributed by atoms with E-state index in [1.807, 2.05) is 13.0 Å². The maximum absolute atomic E-state index is 5.56. The molecule has 1 atom stereocenters. The van der Waals surface area contributed by atoms with Gasteiger partial charge < -0.3 is 9.84 Å². The number of nitrogens with zero attached hydrogens (tertiary/aromatic N) is 4. The highest BCUT2D eigenvalue weighted by Crippen LogP contribution is 2.27. The first-order valence-electron chi connectivity index (χ1n) is 8.25. The lowest BCUT2D eigenvalue weighted by molar-refractivity contribution is 0.190. The molecule has 0 spiro atoms. The van der Waals surface area contributed by atoms with Crippen molar-refractivity contribution in [1.29, 1.82) is 0 Å². The van der Waals surface area contributed by atoms with E-state index in [9.17, 15) is 0 Å². The van der Waals surface area contributed by atoms with Crippen molar-refractivity contribution in [3.05, 3.63) is 41.3 Å². The minimum absolute atomic E-state index is 0. The van der Waals surface area contributed by atoms with Gasteiger partial charge in [0.05, 0.1) is 22.8 Å². The van der Waals surface area contributed by atoms with Crippen molar-refractivity contribution in [2.24, 2.45) is 0 Å². The van der Waals surface area contributed by atoms with Gasteiger partial charge >= 0.3 is 0 Å². The molecule has 1 unspecified atom stereocenters. The van der Waals surface area contributed by atoms with Gasteiger partial charge in [0.2, 0.25) is 0 Å². The molecule has 3 heterocycles. The number of rotatable bonds is 2. The highest BCUT2D eigenvalue weighted by molar-refractivity contribution is 5.85. The summed E-state index contributed by atoms with van der Waals surface area (Å²) in [5.74, 6) is 1.26. The zero-order valence-electron chi connectivity index (χ0n) is 14.6. The molecule has 7 heteroatoms. The van der Waals surface area contributed by atoms with Gasteiger partial charge in [-0.1, -0.05) is 16.8 Å². The molecule has 6 nitrogen and oxygen atoms in total. The smallest absolute Gasteiger partial charge is 0.259 e. The van der Waals surface area contributed by atoms with Crippen LogP contribution in [0.4, 0.5) is 0 Å². The van der Waals surface area contributed by atoms with Gasteiger partial charge in [0, 0.05) is 25.0 Å². The Bertz CT molecular complexity index is 894. The number of aromatic nitrogens is 3. The van der Waals surface area contributed by atoms with E-state index in [4.69, 9.17) is 4.52 Å². The normalized spacial score (nSPS) is 18.3. The van der Waals surface area contributed by atoms with Crippen molar-refractivity contribution in [3.63, 3.8) is 0 Å². The van der Waals surface area contributed by atoms with Gasteiger partial charge in [0.25, 0.3) is 5.89 Å². The number of pyridine rings is 1. The number of piperazine rings is 1. The maximum atomic E-state index is 5.56. The van der Waals surface area contributed by atoms with Crippen LogP contribution in [-0.2, 0) is 0 Å². The molecule has 3 aromatic rings. The molecule has 1 aliphatic rings. The van der Waals surface area contributed by atoms with Crippen molar-refractivity contribution in [2.45, 2.75) is 19.9 Å². The fourth-order valence-corrected chi connectivity index (χ4v) is 3.18. The van der Waals surface area contributed by atoms with Crippen LogP contribution in [0.5, 0.6) is 0 Å². The number of nitrogens with one attached hydrogen (secondary N) is 1. The van der Waals surface area contributed by atoms with E-state index in [1.54, 1.807) is 0 Å². The Hall–Kier alpha value is -2.02. The molecule has 132 valence electrons. The number of benzene rings is 1. The summed E-state index contributed by atoms with van der Waals surface area (Å²) in [5.41, 5.74) is 3.99. The van der Waals surface area contributed by atoms with Crippen LogP contribution in [0.15, 0.2) is 28.8 Å². The summed E-state index contributed by atoms with van der Waals surface area (Å²) in [6.07, 6.45) is 0. The molecule has 25 heavy (non-hydrogen) atoms.